The second-order valence-electron chi connectivity index (χ2n) is 4.77. The van der Waals surface area contributed by atoms with Crippen LogP contribution in [0, 0.1) is 5.82 Å². The summed E-state index contributed by atoms with van der Waals surface area (Å²) in [7, 11) is 0. The van der Waals surface area contributed by atoms with Crippen molar-refractivity contribution in [2.75, 3.05) is 0 Å². The lowest BCUT2D eigenvalue weighted by Gasteiger charge is -2.20. The number of carbonyl (C=O) groups excluding carboxylic acids is 1. The second-order valence-corrected chi connectivity index (χ2v) is 5.17. The molecule has 0 saturated carbocycles. The zero-order chi connectivity index (χ0) is 15.7. The van der Waals surface area contributed by atoms with Gasteiger partial charge in [-0.3, -0.25) is 4.79 Å². The first kappa shape index (κ1) is 14.5. The van der Waals surface area contributed by atoms with Gasteiger partial charge in [0.2, 0.25) is 18.0 Å². The average molecular weight is 319 g/mol. The van der Waals surface area contributed by atoms with Crippen molar-refractivity contribution in [3.8, 4) is 0 Å². The lowest BCUT2D eigenvalue weighted by Crippen LogP contribution is -2.25. The molecule has 1 unspecified atom stereocenters. The number of ether oxygens (including phenoxy) is 1. The molecule has 0 fully saturated rings. The van der Waals surface area contributed by atoms with Crippen LogP contribution in [-0.2, 0) is 9.53 Å². The smallest absolute Gasteiger partial charge is 0.243 e. The Labute approximate surface area is 131 Å². The van der Waals surface area contributed by atoms with Crippen LogP contribution < -0.4 is 0 Å². The first-order valence-electron chi connectivity index (χ1n) is 6.61. The van der Waals surface area contributed by atoms with Gasteiger partial charge in [0.1, 0.15) is 5.82 Å². The van der Waals surface area contributed by atoms with Crippen molar-refractivity contribution >= 4 is 23.4 Å². The predicted octanol–water partition coefficient (Wildman–Crippen LogP) is 3.72. The zero-order valence-corrected chi connectivity index (χ0v) is 12.4. The predicted molar refractivity (Wildman–Crippen MR) is 80.7 cm³/mol. The molecule has 6 heteroatoms. The van der Waals surface area contributed by atoms with Crippen LogP contribution in [0.15, 0.2) is 53.6 Å². The van der Waals surface area contributed by atoms with Crippen LogP contribution in [0.3, 0.4) is 0 Å². The van der Waals surface area contributed by atoms with Gasteiger partial charge in [0, 0.05) is 23.1 Å². The Morgan fingerprint density at radius 2 is 1.91 bits per heavy atom. The van der Waals surface area contributed by atoms with Crippen molar-refractivity contribution in [3.05, 3.63) is 70.5 Å². The zero-order valence-electron chi connectivity index (χ0n) is 11.7. The van der Waals surface area contributed by atoms with E-state index < -0.39 is 6.23 Å². The molecule has 0 N–H and O–H groups in total. The highest BCUT2D eigenvalue weighted by molar-refractivity contribution is 6.31. The molecule has 0 saturated heterocycles. The Kier molecular flexibility index (Phi) is 3.81. The summed E-state index contributed by atoms with van der Waals surface area (Å²) in [5.41, 5.74) is 1.22. The molecule has 1 amide bonds. The molecule has 1 aliphatic rings. The van der Waals surface area contributed by atoms with Crippen LogP contribution in [0.2, 0.25) is 5.02 Å². The van der Waals surface area contributed by atoms with Gasteiger partial charge in [-0.25, -0.2) is 4.39 Å². The number of rotatable bonds is 2. The number of benzene rings is 2. The van der Waals surface area contributed by atoms with Gasteiger partial charge < -0.3 is 4.74 Å². The number of carbonyl (C=O) groups is 1. The molecule has 3 rings (SSSR count). The molecule has 0 bridgehead atoms. The largest absolute Gasteiger partial charge is 0.446 e. The van der Waals surface area contributed by atoms with Crippen molar-refractivity contribution in [1.29, 1.82) is 0 Å². The van der Waals surface area contributed by atoms with Gasteiger partial charge in [-0.15, -0.1) is 5.10 Å². The number of hydrazone groups is 1. The lowest BCUT2D eigenvalue weighted by molar-refractivity contribution is -0.135. The molecule has 112 valence electrons. The van der Waals surface area contributed by atoms with Crippen LogP contribution in [0.1, 0.15) is 24.3 Å². The minimum atomic E-state index is -0.730. The summed E-state index contributed by atoms with van der Waals surface area (Å²) < 4.78 is 18.8. The Morgan fingerprint density at radius 1 is 1.23 bits per heavy atom. The molecule has 0 radical (unpaired) electrons. The van der Waals surface area contributed by atoms with E-state index in [-0.39, 0.29) is 17.6 Å². The normalized spacial score (nSPS) is 17.1. The third-order valence-corrected chi connectivity index (χ3v) is 3.57. The fourth-order valence-corrected chi connectivity index (χ4v) is 2.38. The second kappa shape index (κ2) is 5.77. The minimum absolute atomic E-state index is 0.250. The van der Waals surface area contributed by atoms with Crippen LogP contribution in [0.25, 0.3) is 0 Å². The number of amides is 1. The van der Waals surface area contributed by atoms with Crippen LogP contribution in [-0.4, -0.2) is 16.8 Å². The summed E-state index contributed by atoms with van der Waals surface area (Å²) in [6.07, 6.45) is -0.730. The number of nitrogens with zero attached hydrogens (tertiary/aromatic N) is 2. The van der Waals surface area contributed by atoms with Crippen LogP contribution in [0.5, 0.6) is 0 Å². The van der Waals surface area contributed by atoms with Gasteiger partial charge in [0.25, 0.3) is 0 Å². The molecule has 4 nitrogen and oxygen atoms in total. The maximum Gasteiger partial charge on any atom is 0.243 e. The third-order valence-electron chi connectivity index (χ3n) is 3.23. The lowest BCUT2D eigenvalue weighted by atomic mass is 10.2. The Bertz CT molecular complexity index is 746. The molecular weight excluding hydrogens is 307 g/mol. The molecule has 2 aromatic carbocycles. The van der Waals surface area contributed by atoms with Gasteiger partial charge in [-0.1, -0.05) is 29.8 Å². The Balaban J connectivity index is 1.96. The van der Waals surface area contributed by atoms with Crippen LogP contribution in [0.4, 0.5) is 4.39 Å². The van der Waals surface area contributed by atoms with Crippen LogP contribution >= 0.6 is 11.6 Å². The quantitative estimate of drug-likeness (QED) is 0.847. The highest BCUT2D eigenvalue weighted by Gasteiger charge is 2.34. The number of halogens is 2. The summed E-state index contributed by atoms with van der Waals surface area (Å²) >= 11 is 6.17. The molecule has 0 aliphatic carbocycles. The van der Waals surface area contributed by atoms with E-state index in [1.807, 2.05) is 0 Å². The maximum absolute atomic E-state index is 13.0. The molecule has 1 aliphatic heterocycles. The first-order chi connectivity index (χ1) is 10.6. The van der Waals surface area contributed by atoms with Gasteiger partial charge in [-0.2, -0.15) is 5.01 Å². The molecule has 2 aromatic rings. The van der Waals surface area contributed by atoms with Crippen molar-refractivity contribution in [2.24, 2.45) is 5.10 Å². The van der Waals surface area contributed by atoms with Gasteiger partial charge in [-0.05, 0) is 30.3 Å². The average Bonchev–Trinajstić information content (AvgIpc) is 2.93. The van der Waals surface area contributed by atoms with E-state index in [0.29, 0.717) is 16.1 Å². The minimum Gasteiger partial charge on any atom is -0.446 e. The van der Waals surface area contributed by atoms with Crippen molar-refractivity contribution in [2.45, 2.75) is 13.2 Å². The van der Waals surface area contributed by atoms with Crippen molar-refractivity contribution < 1.29 is 13.9 Å². The van der Waals surface area contributed by atoms with Gasteiger partial charge in [0.05, 0.1) is 0 Å². The standard InChI is InChI=1S/C16H12ClFN2O2/c1-10(21)20-16(13-4-2-3-5-14(13)17)22-15(19-20)11-6-8-12(18)9-7-11/h2-9,16H,1H3. The van der Waals surface area contributed by atoms with E-state index in [2.05, 4.69) is 5.10 Å². The SMILES string of the molecule is CC(=O)N1N=C(c2ccc(F)cc2)OC1c1ccccc1Cl. The van der Waals surface area contributed by atoms with E-state index in [0.717, 1.165) is 0 Å². The first-order valence-corrected chi connectivity index (χ1v) is 6.99. The monoisotopic (exact) mass is 318 g/mol. The molecule has 0 spiro atoms. The highest BCUT2D eigenvalue weighted by atomic mass is 35.5. The topological polar surface area (TPSA) is 41.9 Å². The molecule has 1 atom stereocenters. The van der Waals surface area contributed by atoms with Gasteiger partial charge in [0.15, 0.2) is 0 Å². The van der Waals surface area contributed by atoms with Crippen molar-refractivity contribution in [3.63, 3.8) is 0 Å². The number of hydrogen-bond donors (Lipinski definition) is 0. The number of hydrogen-bond acceptors (Lipinski definition) is 3. The molecule has 22 heavy (non-hydrogen) atoms. The Hall–Kier alpha value is -2.40. The summed E-state index contributed by atoms with van der Waals surface area (Å²) in [5.74, 6) is -0.379. The van der Waals surface area contributed by atoms with E-state index in [1.165, 1.54) is 24.1 Å². The van der Waals surface area contributed by atoms with E-state index >= 15 is 0 Å². The summed E-state index contributed by atoms with van der Waals surface area (Å²) in [5, 5.41) is 5.89. The van der Waals surface area contributed by atoms with E-state index in [4.69, 9.17) is 16.3 Å². The van der Waals surface area contributed by atoms with E-state index in [9.17, 15) is 9.18 Å². The molecule has 0 aromatic heterocycles. The maximum atomic E-state index is 13.0. The fourth-order valence-electron chi connectivity index (χ4n) is 2.15. The third kappa shape index (κ3) is 2.67. The summed E-state index contributed by atoms with van der Waals surface area (Å²) in [6.45, 7) is 1.39. The Morgan fingerprint density at radius 3 is 2.55 bits per heavy atom. The highest BCUT2D eigenvalue weighted by Crippen LogP contribution is 2.33. The molecule has 1 heterocycles. The van der Waals surface area contributed by atoms with E-state index in [1.54, 1.807) is 36.4 Å². The van der Waals surface area contributed by atoms with Gasteiger partial charge >= 0.3 is 0 Å². The van der Waals surface area contributed by atoms with Crippen molar-refractivity contribution in [1.82, 2.24) is 5.01 Å². The summed E-state index contributed by atoms with van der Waals surface area (Å²) in [4.78, 5) is 11.8. The summed E-state index contributed by atoms with van der Waals surface area (Å²) in [6, 6.07) is 12.8. The fraction of sp³-hybridized carbons (Fsp3) is 0.125. The molecular formula is C16H12ClFN2O2.